The lowest BCUT2D eigenvalue weighted by Crippen LogP contribution is -2.62. The molecule has 1 heterocycles. The van der Waals surface area contributed by atoms with Crippen LogP contribution in [0.2, 0.25) is 0 Å². The highest BCUT2D eigenvalue weighted by Crippen LogP contribution is 2.34. The van der Waals surface area contributed by atoms with Crippen LogP contribution in [-0.4, -0.2) is 47.0 Å². The molecule has 242 valence electrons. The third-order valence-electron chi connectivity index (χ3n) is 7.33. The first-order valence-electron chi connectivity index (χ1n) is 14.9. The molecule has 1 aliphatic rings. The van der Waals surface area contributed by atoms with Crippen LogP contribution in [-0.2, 0) is 54.8 Å². The molecule has 0 spiro atoms. The van der Waals surface area contributed by atoms with Crippen LogP contribution in [0.1, 0.15) is 22.3 Å². The quantitative estimate of drug-likeness (QED) is 0.0823. The van der Waals surface area contributed by atoms with Crippen LogP contribution in [0.25, 0.3) is 0 Å². The monoisotopic (exact) mass is 683 g/mol. The van der Waals surface area contributed by atoms with Crippen LogP contribution >= 0.6 is 34.8 Å². The van der Waals surface area contributed by atoms with Gasteiger partial charge in [-0.1, -0.05) is 156 Å². The van der Waals surface area contributed by atoms with Gasteiger partial charge in [-0.15, -0.1) is 0 Å². The first-order chi connectivity index (χ1) is 22.4. The van der Waals surface area contributed by atoms with Gasteiger partial charge in [-0.05, 0) is 22.3 Å². The van der Waals surface area contributed by atoms with Crippen molar-refractivity contribution in [3.05, 3.63) is 144 Å². The zero-order valence-corrected chi connectivity index (χ0v) is 27.3. The van der Waals surface area contributed by atoms with Crippen molar-refractivity contribution < 1.29 is 28.4 Å². The molecule has 0 aliphatic carbocycles. The molecule has 10 heteroatoms. The molecule has 0 amide bonds. The summed E-state index contributed by atoms with van der Waals surface area (Å²) < 4.78 is 36.1. The fraction of sp³-hybridized carbons (Fsp3) is 0.306. The molecule has 5 atom stereocenters. The zero-order chi connectivity index (χ0) is 32.2. The molecule has 0 radical (unpaired) electrons. The number of alkyl halides is 3. The maximum atomic E-state index is 8.37. The van der Waals surface area contributed by atoms with Gasteiger partial charge in [-0.3, -0.25) is 5.41 Å². The highest BCUT2D eigenvalue weighted by Gasteiger charge is 2.51. The van der Waals surface area contributed by atoms with Gasteiger partial charge >= 0.3 is 0 Å². The molecule has 4 aromatic rings. The summed E-state index contributed by atoms with van der Waals surface area (Å²) in [5, 5.41) is 8.37. The minimum atomic E-state index is -2.12. The van der Waals surface area contributed by atoms with Gasteiger partial charge in [0.05, 0.1) is 33.0 Å². The molecule has 5 rings (SSSR count). The van der Waals surface area contributed by atoms with Crippen LogP contribution < -0.4 is 0 Å². The molecule has 0 saturated carbocycles. The van der Waals surface area contributed by atoms with E-state index in [0.717, 1.165) is 22.3 Å². The second-order valence-electron chi connectivity index (χ2n) is 10.8. The summed E-state index contributed by atoms with van der Waals surface area (Å²) in [4.78, 5) is 0. The SMILES string of the molecule is N=C(OC1OC(COCc2ccccc2)C(OCc2ccccc2)C(OCc2ccccc2)C1OCc1ccccc1)C(Cl)(Cl)Cl. The molecular weight excluding hydrogens is 649 g/mol. The topological polar surface area (TPSA) is 79.2 Å². The Labute approximate surface area is 284 Å². The largest absolute Gasteiger partial charge is 0.445 e. The van der Waals surface area contributed by atoms with Crippen LogP contribution in [0.3, 0.4) is 0 Å². The Morgan fingerprint density at radius 1 is 0.565 bits per heavy atom. The second-order valence-corrected chi connectivity index (χ2v) is 13.1. The number of benzene rings is 4. The predicted molar refractivity (Wildman–Crippen MR) is 179 cm³/mol. The minimum Gasteiger partial charge on any atom is -0.445 e. The van der Waals surface area contributed by atoms with Crippen LogP contribution in [0.4, 0.5) is 0 Å². The van der Waals surface area contributed by atoms with Crippen molar-refractivity contribution in [3.63, 3.8) is 0 Å². The minimum absolute atomic E-state index is 0.131. The van der Waals surface area contributed by atoms with Crippen molar-refractivity contribution in [2.45, 2.75) is 60.9 Å². The van der Waals surface area contributed by atoms with Crippen LogP contribution in [0.15, 0.2) is 121 Å². The van der Waals surface area contributed by atoms with E-state index in [9.17, 15) is 0 Å². The van der Waals surface area contributed by atoms with Gasteiger partial charge in [-0.2, -0.15) is 0 Å². The lowest BCUT2D eigenvalue weighted by Gasteiger charge is -2.46. The molecule has 1 aliphatic heterocycles. The lowest BCUT2D eigenvalue weighted by molar-refractivity contribution is -0.313. The van der Waals surface area contributed by atoms with Gasteiger partial charge in [0.2, 0.25) is 12.2 Å². The molecule has 7 nitrogen and oxygen atoms in total. The van der Waals surface area contributed by atoms with Crippen molar-refractivity contribution >= 4 is 40.7 Å². The average molecular weight is 685 g/mol. The summed E-state index contributed by atoms with van der Waals surface area (Å²) in [6, 6.07) is 39.2. The predicted octanol–water partition coefficient (Wildman–Crippen LogP) is 8.05. The molecule has 46 heavy (non-hydrogen) atoms. The number of halogens is 3. The van der Waals surface area contributed by atoms with Gasteiger partial charge in [0.25, 0.3) is 3.79 Å². The zero-order valence-electron chi connectivity index (χ0n) is 25.1. The van der Waals surface area contributed by atoms with Crippen molar-refractivity contribution in [2.24, 2.45) is 0 Å². The lowest BCUT2D eigenvalue weighted by atomic mass is 9.97. The molecule has 1 N–H and O–H groups in total. The fourth-order valence-electron chi connectivity index (χ4n) is 5.02. The third kappa shape index (κ3) is 10.3. The third-order valence-corrected chi connectivity index (χ3v) is 7.85. The van der Waals surface area contributed by atoms with Gasteiger partial charge in [0.15, 0.2) is 0 Å². The average Bonchev–Trinajstić information content (AvgIpc) is 3.07. The number of nitrogens with one attached hydrogen (secondary N) is 1. The fourth-order valence-corrected chi connectivity index (χ4v) is 5.16. The van der Waals surface area contributed by atoms with E-state index < -0.39 is 40.4 Å². The molecule has 0 aromatic heterocycles. The maximum absolute atomic E-state index is 8.37. The van der Waals surface area contributed by atoms with E-state index in [4.69, 9.17) is 68.6 Å². The summed E-state index contributed by atoms with van der Waals surface area (Å²) in [7, 11) is 0. The highest BCUT2D eigenvalue weighted by molar-refractivity contribution is 6.76. The molecule has 1 saturated heterocycles. The van der Waals surface area contributed by atoms with Gasteiger partial charge in [-0.25, -0.2) is 0 Å². The Kier molecular flexibility index (Phi) is 12.9. The van der Waals surface area contributed by atoms with Crippen molar-refractivity contribution in [3.8, 4) is 0 Å². The standard InChI is InChI=1S/C36H36Cl3NO6/c37-36(38,39)35(40)46-34-33(44-24-29-19-11-4-12-20-29)32(43-23-28-17-9-3-10-18-28)31(42-22-27-15-7-2-8-16-27)30(45-34)25-41-21-26-13-5-1-6-14-26/h1-20,30-34,40H,21-25H2. The highest BCUT2D eigenvalue weighted by atomic mass is 35.6. The first-order valence-corrected chi connectivity index (χ1v) is 16.1. The number of hydrogen-bond donors (Lipinski definition) is 1. The Hall–Kier alpha value is -2.98. The van der Waals surface area contributed by atoms with E-state index in [1.54, 1.807) is 0 Å². The molecule has 1 fully saturated rings. The van der Waals surface area contributed by atoms with E-state index in [1.165, 1.54) is 0 Å². The van der Waals surface area contributed by atoms with E-state index in [-0.39, 0.29) is 26.4 Å². The van der Waals surface area contributed by atoms with Gasteiger partial charge in [0.1, 0.15) is 24.4 Å². The molecule has 0 bridgehead atoms. The Balaban J connectivity index is 1.46. The van der Waals surface area contributed by atoms with Crippen molar-refractivity contribution in [2.75, 3.05) is 6.61 Å². The first kappa shape index (κ1) is 34.4. The summed E-state index contributed by atoms with van der Waals surface area (Å²) in [5.41, 5.74) is 3.87. The van der Waals surface area contributed by atoms with Crippen LogP contribution in [0.5, 0.6) is 0 Å². The Morgan fingerprint density at radius 2 is 0.957 bits per heavy atom. The number of rotatable bonds is 14. The summed E-state index contributed by atoms with van der Waals surface area (Å²) in [6.45, 7) is 1.24. The van der Waals surface area contributed by atoms with Crippen molar-refractivity contribution in [1.82, 2.24) is 0 Å². The number of hydrogen-bond acceptors (Lipinski definition) is 7. The maximum Gasteiger partial charge on any atom is 0.265 e. The molecule has 5 unspecified atom stereocenters. The summed E-state index contributed by atoms with van der Waals surface area (Å²) in [5.74, 6) is -0.606. The summed E-state index contributed by atoms with van der Waals surface area (Å²) >= 11 is 18.1. The number of ether oxygens (including phenoxy) is 6. The Bertz CT molecular complexity index is 1460. The van der Waals surface area contributed by atoms with E-state index in [1.807, 2.05) is 121 Å². The van der Waals surface area contributed by atoms with Crippen molar-refractivity contribution in [1.29, 1.82) is 5.41 Å². The normalized spacial score (nSPS) is 21.5. The second kappa shape index (κ2) is 17.3. The van der Waals surface area contributed by atoms with Gasteiger partial charge in [0, 0.05) is 0 Å². The van der Waals surface area contributed by atoms with E-state index >= 15 is 0 Å². The molecular formula is C36H36Cl3NO6. The van der Waals surface area contributed by atoms with Crippen LogP contribution in [0, 0.1) is 5.41 Å². The smallest absolute Gasteiger partial charge is 0.265 e. The molecule has 4 aromatic carbocycles. The summed E-state index contributed by atoms with van der Waals surface area (Å²) in [6.07, 6.45) is -4.17. The Morgan fingerprint density at radius 3 is 1.39 bits per heavy atom. The van der Waals surface area contributed by atoms with Gasteiger partial charge < -0.3 is 28.4 Å². The van der Waals surface area contributed by atoms with E-state index in [2.05, 4.69) is 0 Å². The van der Waals surface area contributed by atoms with E-state index in [0.29, 0.717) is 6.61 Å².